The number of para-hydroxylation sites is 1. The zero-order valence-electron chi connectivity index (χ0n) is 18.4. The second-order valence-electron chi connectivity index (χ2n) is 7.89. The van der Waals surface area contributed by atoms with Crippen LogP contribution in [0.2, 0.25) is 0 Å². The highest BCUT2D eigenvalue weighted by Gasteiger charge is 2.21. The third kappa shape index (κ3) is 6.48. The molecule has 1 aliphatic heterocycles. The summed E-state index contributed by atoms with van der Waals surface area (Å²) in [5.41, 5.74) is 1.55. The number of carbonyl (C=O) groups is 1. The van der Waals surface area contributed by atoms with E-state index in [4.69, 9.17) is 5.14 Å². The van der Waals surface area contributed by atoms with E-state index < -0.39 is 20.8 Å². The van der Waals surface area contributed by atoms with E-state index in [1.807, 2.05) is 6.07 Å². The Labute approximate surface area is 193 Å². The smallest absolute Gasteiger partial charge is 0.239 e. The van der Waals surface area contributed by atoms with E-state index in [1.165, 1.54) is 17.8 Å². The van der Waals surface area contributed by atoms with Crippen molar-refractivity contribution in [2.75, 3.05) is 43.4 Å². The number of benzene rings is 2. The number of rotatable bonds is 10. The van der Waals surface area contributed by atoms with E-state index in [-0.39, 0.29) is 21.3 Å². The molecule has 0 saturated carbocycles. The van der Waals surface area contributed by atoms with Gasteiger partial charge >= 0.3 is 0 Å². The number of primary sulfonamides is 1. The van der Waals surface area contributed by atoms with Crippen molar-refractivity contribution in [3.8, 4) is 0 Å². The van der Waals surface area contributed by atoms with E-state index in [1.54, 1.807) is 13.0 Å². The molecule has 2 N–H and O–H groups in total. The summed E-state index contributed by atoms with van der Waals surface area (Å²) in [6.07, 6.45) is 1.96. The minimum Gasteiger partial charge on any atom is -0.369 e. The van der Waals surface area contributed by atoms with Crippen LogP contribution in [-0.2, 0) is 20.8 Å². The molecule has 1 saturated heterocycles. The maximum absolute atomic E-state index is 12.6. The molecule has 0 amide bonds. The van der Waals surface area contributed by atoms with Crippen LogP contribution in [0, 0.1) is 0 Å². The van der Waals surface area contributed by atoms with Gasteiger partial charge in [0.1, 0.15) is 0 Å². The first-order chi connectivity index (χ1) is 15.3. The molecule has 1 heterocycles. The molecular formula is C23H31N3O4S2. The number of piperazine rings is 1. The molecule has 32 heavy (non-hydrogen) atoms. The van der Waals surface area contributed by atoms with Crippen molar-refractivity contribution in [1.82, 2.24) is 4.90 Å². The minimum absolute atomic E-state index is 0.127. The molecule has 9 heteroatoms. The maximum atomic E-state index is 12.6. The molecule has 1 unspecified atom stereocenters. The van der Waals surface area contributed by atoms with Gasteiger partial charge in [0.05, 0.1) is 20.6 Å². The summed E-state index contributed by atoms with van der Waals surface area (Å²) >= 11 is 0. The molecule has 1 atom stereocenters. The molecule has 7 nitrogen and oxygen atoms in total. The van der Waals surface area contributed by atoms with Gasteiger partial charge in [-0.2, -0.15) is 0 Å². The van der Waals surface area contributed by atoms with Gasteiger partial charge in [-0.15, -0.1) is 0 Å². The lowest BCUT2D eigenvalue weighted by molar-refractivity contribution is 0.0977. The number of sulfonamides is 1. The molecule has 174 valence electrons. The fraction of sp³-hybridized carbons (Fsp3) is 0.435. The van der Waals surface area contributed by atoms with Gasteiger partial charge in [0.15, 0.2) is 5.78 Å². The minimum atomic E-state index is -4.06. The van der Waals surface area contributed by atoms with Crippen LogP contribution in [0.5, 0.6) is 0 Å². The lowest BCUT2D eigenvalue weighted by atomic mass is 10.1. The van der Waals surface area contributed by atoms with Crippen LogP contribution in [0.25, 0.3) is 0 Å². The Hall–Kier alpha value is -2.07. The second-order valence-corrected chi connectivity index (χ2v) is 11.1. The van der Waals surface area contributed by atoms with Gasteiger partial charge in [-0.1, -0.05) is 31.2 Å². The molecule has 0 radical (unpaired) electrons. The number of ketones is 1. The van der Waals surface area contributed by atoms with Gasteiger partial charge in [0.2, 0.25) is 10.0 Å². The summed E-state index contributed by atoms with van der Waals surface area (Å²) in [6, 6.07) is 14.7. The van der Waals surface area contributed by atoms with Gasteiger partial charge in [-0.25, -0.2) is 13.6 Å². The van der Waals surface area contributed by atoms with Gasteiger partial charge < -0.3 is 4.90 Å². The number of hydrogen-bond donors (Lipinski definition) is 1. The Morgan fingerprint density at radius 3 is 2.34 bits per heavy atom. The molecule has 2 aromatic rings. The standard InChI is InChI=1S/C23H31N3O4S2/c1-2-31(28)22-12-11-19(18-23(22)32(24,29)30)21(27)10-6-7-13-25-14-16-26(17-15-25)20-8-4-3-5-9-20/h3-5,8-9,11-12,18H,2,6-7,10,13-17H2,1H3,(H2,24,29,30). The highest BCUT2D eigenvalue weighted by atomic mass is 32.2. The van der Waals surface area contributed by atoms with Crippen LogP contribution in [0.3, 0.4) is 0 Å². The molecule has 1 fully saturated rings. The number of nitrogens with zero attached hydrogens (tertiary/aromatic N) is 2. The Balaban J connectivity index is 1.48. The Bertz CT molecular complexity index is 1050. The van der Waals surface area contributed by atoms with Crippen LogP contribution in [-0.4, -0.2) is 61.8 Å². The van der Waals surface area contributed by atoms with Crippen molar-refractivity contribution in [2.24, 2.45) is 5.14 Å². The Morgan fingerprint density at radius 2 is 1.72 bits per heavy atom. The normalized spacial score (nSPS) is 16.1. The first kappa shape index (κ1) is 24.6. The maximum Gasteiger partial charge on any atom is 0.239 e. The van der Waals surface area contributed by atoms with Gasteiger partial charge in [0, 0.05) is 49.6 Å². The van der Waals surface area contributed by atoms with Gasteiger partial charge in [-0.3, -0.25) is 13.9 Å². The summed E-state index contributed by atoms with van der Waals surface area (Å²) in [5.74, 6) is 0.146. The molecule has 0 spiro atoms. The first-order valence-electron chi connectivity index (χ1n) is 10.9. The second kappa shape index (κ2) is 11.2. The average molecular weight is 478 g/mol. The fourth-order valence-corrected chi connectivity index (χ4v) is 5.96. The van der Waals surface area contributed by atoms with Crippen LogP contribution in [0.15, 0.2) is 58.3 Å². The SMILES string of the molecule is CCS(=O)c1ccc(C(=O)CCCCN2CCN(c3ccccc3)CC2)cc1S(N)(=O)=O. The van der Waals surface area contributed by atoms with Crippen LogP contribution >= 0.6 is 0 Å². The number of unbranched alkanes of at least 4 members (excludes halogenated alkanes) is 1. The summed E-state index contributed by atoms with van der Waals surface area (Å²) in [7, 11) is -5.54. The largest absolute Gasteiger partial charge is 0.369 e. The zero-order valence-corrected chi connectivity index (χ0v) is 20.0. The summed E-state index contributed by atoms with van der Waals surface area (Å²) < 4.78 is 36.0. The number of hydrogen-bond acceptors (Lipinski definition) is 6. The number of nitrogens with two attached hydrogens (primary N) is 1. The molecule has 1 aliphatic rings. The molecular weight excluding hydrogens is 446 g/mol. The van der Waals surface area contributed by atoms with Crippen LogP contribution in [0.1, 0.15) is 36.5 Å². The highest BCUT2D eigenvalue weighted by molar-refractivity contribution is 7.90. The van der Waals surface area contributed by atoms with E-state index in [0.717, 1.165) is 45.6 Å². The predicted octanol–water partition coefficient (Wildman–Crippen LogP) is 2.64. The van der Waals surface area contributed by atoms with Crippen LogP contribution in [0.4, 0.5) is 5.69 Å². The first-order valence-corrected chi connectivity index (χ1v) is 13.8. The summed E-state index contributed by atoms with van der Waals surface area (Å²) in [4.78, 5) is 17.3. The van der Waals surface area contributed by atoms with E-state index in [9.17, 15) is 17.4 Å². The van der Waals surface area contributed by atoms with Crippen molar-refractivity contribution >= 4 is 32.3 Å². The van der Waals surface area contributed by atoms with Gasteiger partial charge in [0.25, 0.3) is 0 Å². The van der Waals surface area contributed by atoms with Crippen molar-refractivity contribution in [3.05, 3.63) is 54.1 Å². The third-order valence-corrected chi connectivity index (χ3v) is 8.15. The zero-order chi connectivity index (χ0) is 23.1. The van der Waals surface area contributed by atoms with Crippen molar-refractivity contribution in [2.45, 2.75) is 36.0 Å². The Kier molecular flexibility index (Phi) is 8.58. The fourth-order valence-electron chi connectivity index (χ4n) is 3.88. The van der Waals surface area contributed by atoms with E-state index in [0.29, 0.717) is 12.0 Å². The topological polar surface area (TPSA) is 101 Å². The van der Waals surface area contributed by atoms with Gasteiger partial charge in [-0.05, 0) is 43.7 Å². The molecule has 0 aromatic heterocycles. The summed E-state index contributed by atoms with van der Waals surface area (Å²) in [5, 5.41) is 5.29. The number of Topliss-reactive ketones (excluding diaryl/α,β-unsaturated/α-hetero) is 1. The number of carbonyl (C=O) groups excluding carboxylic acids is 1. The monoisotopic (exact) mass is 477 g/mol. The van der Waals surface area contributed by atoms with Crippen molar-refractivity contribution in [1.29, 1.82) is 0 Å². The van der Waals surface area contributed by atoms with E-state index >= 15 is 0 Å². The van der Waals surface area contributed by atoms with E-state index in [2.05, 4.69) is 34.1 Å². The number of anilines is 1. The lowest BCUT2D eigenvalue weighted by Gasteiger charge is -2.36. The Morgan fingerprint density at radius 1 is 1.03 bits per heavy atom. The summed E-state index contributed by atoms with van der Waals surface area (Å²) in [6.45, 7) is 6.61. The third-order valence-electron chi connectivity index (χ3n) is 5.70. The van der Waals surface area contributed by atoms with Crippen molar-refractivity contribution in [3.63, 3.8) is 0 Å². The quantitative estimate of drug-likeness (QED) is 0.417. The van der Waals surface area contributed by atoms with Crippen molar-refractivity contribution < 1.29 is 17.4 Å². The lowest BCUT2D eigenvalue weighted by Crippen LogP contribution is -2.46. The molecule has 0 aliphatic carbocycles. The molecule has 3 rings (SSSR count). The molecule has 0 bridgehead atoms. The highest BCUT2D eigenvalue weighted by Crippen LogP contribution is 2.22. The average Bonchev–Trinajstić information content (AvgIpc) is 2.81. The predicted molar refractivity (Wildman–Crippen MR) is 128 cm³/mol. The van der Waals surface area contributed by atoms with Crippen LogP contribution < -0.4 is 10.0 Å². The molecule has 2 aromatic carbocycles.